The summed E-state index contributed by atoms with van der Waals surface area (Å²) in [6.07, 6.45) is 0. The molecule has 0 saturated carbocycles. The molecule has 0 aliphatic carbocycles. The standard InChI is InChI=1S/C16H15N3O4/c1-9-15(19(21)22)14(18-16(20)17-9)13-11-6-4-3-5-10(11)7-8-12(13)23-2/h3-8,14H,1-2H3,(H2,17,18,20)/t14-/m0/s1. The molecule has 23 heavy (non-hydrogen) atoms. The SMILES string of the molecule is COc1ccc2ccccc2c1[C@@H]1NC(=O)NC(C)=C1[N+](=O)[O-]. The molecule has 0 bridgehead atoms. The molecule has 118 valence electrons. The van der Waals surface area contributed by atoms with Crippen LogP contribution in [0.4, 0.5) is 4.79 Å². The Balaban J connectivity index is 2.31. The molecule has 1 aliphatic rings. The number of benzene rings is 2. The second-order valence-electron chi connectivity index (χ2n) is 5.20. The third-order valence-electron chi connectivity index (χ3n) is 3.87. The predicted molar refractivity (Wildman–Crippen MR) is 84.6 cm³/mol. The summed E-state index contributed by atoms with van der Waals surface area (Å²) >= 11 is 0. The van der Waals surface area contributed by atoms with Crippen LogP contribution in [0.1, 0.15) is 18.5 Å². The van der Waals surface area contributed by atoms with Crippen LogP contribution in [0.5, 0.6) is 5.75 Å². The maximum atomic E-state index is 11.8. The van der Waals surface area contributed by atoms with Crippen molar-refractivity contribution >= 4 is 16.8 Å². The highest BCUT2D eigenvalue weighted by atomic mass is 16.6. The topological polar surface area (TPSA) is 93.5 Å². The van der Waals surface area contributed by atoms with Crippen LogP contribution in [0.15, 0.2) is 47.8 Å². The summed E-state index contributed by atoms with van der Waals surface area (Å²) < 4.78 is 5.39. The van der Waals surface area contributed by atoms with E-state index >= 15 is 0 Å². The fourth-order valence-corrected chi connectivity index (χ4v) is 2.89. The first-order chi connectivity index (χ1) is 11.0. The van der Waals surface area contributed by atoms with Crippen LogP contribution in [-0.2, 0) is 0 Å². The summed E-state index contributed by atoms with van der Waals surface area (Å²) in [4.78, 5) is 22.9. The number of ether oxygens (including phenoxy) is 1. The van der Waals surface area contributed by atoms with Crippen LogP contribution in [0, 0.1) is 10.1 Å². The number of rotatable bonds is 3. The van der Waals surface area contributed by atoms with Gasteiger partial charge in [-0.3, -0.25) is 10.1 Å². The van der Waals surface area contributed by atoms with E-state index in [0.717, 1.165) is 10.8 Å². The van der Waals surface area contributed by atoms with Crippen molar-refractivity contribution in [3.8, 4) is 5.75 Å². The molecular formula is C16H15N3O4. The van der Waals surface area contributed by atoms with Gasteiger partial charge in [0.05, 0.1) is 17.7 Å². The highest BCUT2D eigenvalue weighted by Gasteiger charge is 2.37. The molecule has 1 atom stereocenters. The van der Waals surface area contributed by atoms with Crippen LogP contribution >= 0.6 is 0 Å². The van der Waals surface area contributed by atoms with Gasteiger partial charge in [-0.15, -0.1) is 0 Å². The number of allylic oxidation sites excluding steroid dienone is 1. The van der Waals surface area contributed by atoms with Crippen molar-refractivity contribution in [2.45, 2.75) is 13.0 Å². The number of nitro groups is 1. The average Bonchev–Trinajstić information content (AvgIpc) is 2.52. The Morgan fingerprint density at radius 1 is 1.22 bits per heavy atom. The van der Waals surface area contributed by atoms with Crippen molar-refractivity contribution in [1.29, 1.82) is 0 Å². The fourth-order valence-electron chi connectivity index (χ4n) is 2.89. The Hall–Kier alpha value is -3.09. The third kappa shape index (κ3) is 2.46. The molecule has 0 aromatic heterocycles. The first kappa shape index (κ1) is 14.8. The average molecular weight is 313 g/mol. The lowest BCUT2D eigenvalue weighted by Gasteiger charge is -2.25. The van der Waals surface area contributed by atoms with E-state index in [4.69, 9.17) is 4.74 Å². The highest BCUT2D eigenvalue weighted by Crippen LogP contribution is 2.38. The predicted octanol–water partition coefficient (Wildman–Crippen LogP) is 2.71. The van der Waals surface area contributed by atoms with Crippen LogP contribution in [0.3, 0.4) is 0 Å². The van der Waals surface area contributed by atoms with Gasteiger partial charge >= 0.3 is 6.03 Å². The monoisotopic (exact) mass is 313 g/mol. The maximum Gasteiger partial charge on any atom is 0.320 e. The van der Waals surface area contributed by atoms with Gasteiger partial charge < -0.3 is 15.4 Å². The number of nitrogens with one attached hydrogen (secondary N) is 2. The number of carbonyl (C=O) groups is 1. The van der Waals surface area contributed by atoms with E-state index in [0.29, 0.717) is 11.3 Å². The number of carbonyl (C=O) groups excluding carboxylic acids is 1. The Labute approximate surface area is 132 Å². The lowest BCUT2D eigenvalue weighted by atomic mass is 9.94. The van der Waals surface area contributed by atoms with Crippen molar-refractivity contribution in [3.05, 3.63) is 63.5 Å². The molecule has 0 fully saturated rings. The summed E-state index contributed by atoms with van der Waals surface area (Å²) in [7, 11) is 1.50. The minimum Gasteiger partial charge on any atom is -0.496 e. The Kier molecular flexibility index (Phi) is 3.61. The van der Waals surface area contributed by atoms with Gasteiger partial charge in [0.25, 0.3) is 5.70 Å². The molecule has 2 aromatic carbocycles. The van der Waals surface area contributed by atoms with Gasteiger partial charge in [0, 0.05) is 5.56 Å². The Morgan fingerprint density at radius 2 is 1.96 bits per heavy atom. The molecule has 0 unspecified atom stereocenters. The molecule has 7 nitrogen and oxygen atoms in total. The summed E-state index contributed by atoms with van der Waals surface area (Å²) in [5, 5.41) is 18.3. The molecule has 1 aliphatic heterocycles. The number of fused-ring (bicyclic) bond motifs is 1. The minimum absolute atomic E-state index is 0.0979. The summed E-state index contributed by atoms with van der Waals surface area (Å²) in [6, 6.07) is 9.75. The van der Waals surface area contributed by atoms with Crippen molar-refractivity contribution in [2.24, 2.45) is 0 Å². The van der Waals surface area contributed by atoms with E-state index in [9.17, 15) is 14.9 Å². The van der Waals surface area contributed by atoms with Gasteiger partial charge in [-0.1, -0.05) is 30.3 Å². The van der Waals surface area contributed by atoms with Crippen LogP contribution in [0.2, 0.25) is 0 Å². The molecule has 0 radical (unpaired) electrons. The highest BCUT2D eigenvalue weighted by molar-refractivity contribution is 5.90. The summed E-state index contributed by atoms with van der Waals surface area (Å²) in [5.74, 6) is 0.489. The quantitative estimate of drug-likeness (QED) is 0.673. The molecule has 2 N–H and O–H groups in total. The molecule has 2 aromatic rings. The van der Waals surface area contributed by atoms with E-state index in [2.05, 4.69) is 10.6 Å². The number of urea groups is 1. The van der Waals surface area contributed by atoms with Crippen molar-refractivity contribution in [1.82, 2.24) is 10.6 Å². The first-order valence-corrected chi connectivity index (χ1v) is 7.01. The number of amides is 2. The van der Waals surface area contributed by atoms with Gasteiger partial charge in [0.15, 0.2) is 6.04 Å². The maximum absolute atomic E-state index is 11.8. The number of methoxy groups -OCH3 is 1. The molecule has 0 spiro atoms. The molecule has 3 rings (SSSR count). The second kappa shape index (κ2) is 5.60. The van der Waals surface area contributed by atoms with Crippen molar-refractivity contribution in [2.75, 3.05) is 7.11 Å². The molecular weight excluding hydrogens is 298 g/mol. The molecule has 7 heteroatoms. The van der Waals surface area contributed by atoms with Gasteiger partial charge in [-0.05, 0) is 23.8 Å². The zero-order chi connectivity index (χ0) is 16.6. The van der Waals surface area contributed by atoms with Gasteiger partial charge in [0.2, 0.25) is 0 Å². The van der Waals surface area contributed by atoms with E-state index in [-0.39, 0.29) is 11.4 Å². The fraction of sp³-hybridized carbons (Fsp3) is 0.188. The number of hydrogen-bond acceptors (Lipinski definition) is 4. The number of hydrogen-bond donors (Lipinski definition) is 2. The lowest BCUT2D eigenvalue weighted by molar-refractivity contribution is -0.432. The molecule has 0 saturated heterocycles. The van der Waals surface area contributed by atoms with Gasteiger partial charge in [0.1, 0.15) is 5.75 Å². The smallest absolute Gasteiger partial charge is 0.320 e. The zero-order valence-corrected chi connectivity index (χ0v) is 12.6. The summed E-state index contributed by atoms with van der Waals surface area (Å²) in [5.41, 5.74) is 0.699. The lowest BCUT2D eigenvalue weighted by Crippen LogP contribution is -2.45. The van der Waals surface area contributed by atoms with E-state index in [1.807, 2.05) is 30.3 Å². The van der Waals surface area contributed by atoms with Gasteiger partial charge in [-0.25, -0.2) is 4.79 Å². The largest absolute Gasteiger partial charge is 0.496 e. The Morgan fingerprint density at radius 3 is 2.65 bits per heavy atom. The second-order valence-corrected chi connectivity index (χ2v) is 5.20. The zero-order valence-electron chi connectivity index (χ0n) is 12.6. The van der Waals surface area contributed by atoms with Crippen LogP contribution < -0.4 is 15.4 Å². The molecule has 1 heterocycles. The van der Waals surface area contributed by atoms with Crippen LogP contribution in [0.25, 0.3) is 10.8 Å². The first-order valence-electron chi connectivity index (χ1n) is 7.01. The minimum atomic E-state index is -0.889. The normalized spacial score (nSPS) is 17.7. The van der Waals surface area contributed by atoms with Crippen LogP contribution in [-0.4, -0.2) is 18.1 Å². The van der Waals surface area contributed by atoms with Crippen molar-refractivity contribution < 1.29 is 14.5 Å². The van der Waals surface area contributed by atoms with E-state index in [1.165, 1.54) is 14.0 Å². The Bertz CT molecular complexity index is 844. The van der Waals surface area contributed by atoms with E-state index in [1.54, 1.807) is 6.07 Å². The number of nitrogens with zero attached hydrogens (tertiary/aromatic N) is 1. The summed E-state index contributed by atoms with van der Waals surface area (Å²) in [6.45, 7) is 1.52. The third-order valence-corrected chi connectivity index (χ3v) is 3.87. The van der Waals surface area contributed by atoms with Gasteiger partial charge in [-0.2, -0.15) is 0 Å². The van der Waals surface area contributed by atoms with Crippen molar-refractivity contribution in [3.63, 3.8) is 0 Å². The molecule has 2 amide bonds. The van der Waals surface area contributed by atoms with E-state index < -0.39 is 17.0 Å².